The summed E-state index contributed by atoms with van der Waals surface area (Å²) in [7, 11) is 0. The molecule has 0 spiro atoms. The molecule has 9 heavy (non-hydrogen) atoms. The van der Waals surface area contributed by atoms with Crippen molar-refractivity contribution in [2.45, 2.75) is 0 Å². The SMILES string of the molecule is N=[C-]c1cccs1.[Br-].[Mg+2]. The summed E-state index contributed by atoms with van der Waals surface area (Å²) in [5, 5.41) is 8.55. The molecular formula is C5H4BrMgNS. The first kappa shape index (κ1) is 12.3. The van der Waals surface area contributed by atoms with E-state index in [1.165, 1.54) is 11.3 Å². The van der Waals surface area contributed by atoms with Crippen molar-refractivity contribution in [3.63, 3.8) is 0 Å². The van der Waals surface area contributed by atoms with Crippen LogP contribution in [0.15, 0.2) is 17.5 Å². The molecule has 44 valence electrons. The summed E-state index contributed by atoms with van der Waals surface area (Å²) in [6.07, 6.45) is 2.28. The van der Waals surface area contributed by atoms with Crippen LogP contribution in [0.4, 0.5) is 0 Å². The van der Waals surface area contributed by atoms with Crippen molar-refractivity contribution < 1.29 is 17.0 Å². The standard InChI is InChI=1S/C5H4NS.BrH.Mg/c6-4-5-2-1-3-7-5;;/h1-3,6H;1H;/q-1;;+2/p-1. The minimum atomic E-state index is 0. The van der Waals surface area contributed by atoms with Crippen LogP contribution in [0, 0.1) is 5.41 Å². The van der Waals surface area contributed by atoms with E-state index < -0.39 is 0 Å². The molecule has 1 aromatic rings. The third-order valence-electron chi connectivity index (χ3n) is 0.644. The average Bonchev–Trinajstić information content (AvgIpc) is 2.14. The molecule has 0 aliphatic carbocycles. The normalized spacial score (nSPS) is 6.67. The molecule has 0 aliphatic rings. The van der Waals surface area contributed by atoms with E-state index >= 15 is 0 Å². The van der Waals surface area contributed by atoms with Crippen LogP contribution in [-0.2, 0) is 0 Å². The van der Waals surface area contributed by atoms with Gasteiger partial charge in [-0.15, -0.1) is 17.2 Å². The molecule has 1 heterocycles. The van der Waals surface area contributed by atoms with E-state index in [0.717, 1.165) is 4.88 Å². The second-order valence-electron chi connectivity index (χ2n) is 1.10. The van der Waals surface area contributed by atoms with Crippen LogP contribution in [0.1, 0.15) is 4.88 Å². The fraction of sp³-hybridized carbons (Fsp3) is 0. The Labute approximate surface area is 84.9 Å². The molecule has 0 bridgehead atoms. The fourth-order valence-corrected chi connectivity index (χ4v) is 0.869. The maximum absolute atomic E-state index is 6.62. The van der Waals surface area contributed by atoms with E-state index in [-0.39, 0.29) is 40.0 Å². The van der Waals surface area contributed by atoms with Crippen molar-refractivity contribution in [1.29, 1.82) is 5.41 Å². The minimum absolute atomic E-state index is 0. The summed E-state index contributed by atoms with van der Waals surface area (Å²) < 4.78 is 0. The molecule has 0 radical (unpaired) electrons. The summed E-state index contributed by atoms with van der Waals surface area (Å²) in [5.74, 6) is 0. The number of thiophene rings is 1. The van der Waals surface area contributed by atoms with Crippen LogP contribution in [0.3, 0.4) is 0 Å². The van der Waals surface area contributed by atoms with E-state index in [1.54, 1.807) is 0 Å². The third-order valence-corrected chi connectivity index (χ3v) is 1.43. The number of rotatable bonds is 1. The van der Waals surface area contributed by atoms with Gasteiger partial charge in [0.05, 0.1) is 0 Å². The first-order valence-corrected chi connectivity index (χ1v) is 2.77. The molecule has 0 unspecified atom stereocenters. The zero-order valence-electron chi connectivity index (χ0n) is 4.73. The summed E-state index contributed by atoms with van der Waals surface area (Å²) in [6.45, 7) is 0. The van der Waals surface area contributed by atoms with Crippen molar-refractivity contribution in [2.24, 2.45) is 0 Å². The van der Waals surface area contributed by atoms with E-state index in [2.05, 4.69) is 6.21 Å². The molecule has 1 rings (SSSR count). The molecule has 0 amide bonds. The Balaban J connectivity index is 0. The largest absolute Gasteiger partial charge is 2.00 e. The van der Waals surface area contributed by atoms with Crippen LogP contribution < -0.4 is 17.0 Å². The van der Waals surface area contributed by atoms with Crippen molar-refractivity contribution in [2.75, 3.05) is 0 Å². The smallest absolute Gasteiger partial charge is 1.00 e. The Morgan fingerprint density at radius 1 is 1.56 bits per heavy atom. The molecule has 0 atom stereocenters. The van der Waals surface area contributed by atoms with Gasteiger partial charge < -0.3 is 22.4 Å². The topological polar surface area (TPSA) is 23.9 Å². The summed E-state index contributed by atoms with van der Waals surface area (Å²) in [4.78, 5) is 0.889. The molecule has 1 nitrogen and oxygen atoms in total. The van der Waals surface area contributed by atoms with Gasteiger partial charge in [-0.25, -0.2) is 0 Å². The molecule has 1 N–H and O–H groups in total. The summed E-state index contributed by atoms with van der Waals surface area (Å²) in [6, 6.07) is 3.76. The van der Waals surface area contributed by atoms with Gasteiger partial charge in [0.1, 0.15) is 0 Å². The predicted octanol–water partition coefficient (Wildman–Crippen LogP) is -1.75. The first-order chi connectivity index (χ1) is 3.43. The van der Waals surface area contributed by atoms with Gasteiger partial charge in [-0.3, -0.25) is 0 Å². The number of halogens is 1. The zero-order valence-corrected chi connectivity index (χ0v) is 8.54. The second-order valence-corrected chi connectivity index (χ2v) is 2.05. The molecule has 4 heteroatoms. The van der Waals surface area contributed by atoms with Gasteiger partial charge in [-0.05, 0) is 5.38 Å². The zero-order chi connectivity index (χ0) is 5.11. The Bertz CT molecular complexity index is 152. The van der Waals surface area contributed by atoms with Gasteiger partial charge in [0.15, 0.2) is 0 Å². The van der Waals surface area contributed by atoms with Crippen LogP contribution in [-0.4, -0.2) is 29.3 Å². The van der Waals surface area contributed by atoms with Crippen molar-refractivity contribution in [3.05, 3.63) is 22.4 Å². The van der Waals surface area contributed by atoms with Crippen LogP contribution in [0.2, 0.25) is 0 Å². The molecule has 0 aliphatic heterocycles. The van der Waals surface area contributed by atoms with Gasteiger partial charge in [-0.1, -0.05) is 0 Å². The van der Waals surface area contributed by atoms with E-state index in [1.807, 2.05) is 17.5 Å². The number of hydrogen-bond acceptors (Lipinski definition) is 2. The monoisotopic (exact) mass is 213 g/mol. The number of nitrogens with one attached hydrogen (secondary N) is 1. The van der Waals surface area contributed by atoms with Gasteiger partial charge >= 0.3 is 23.1 Å². The molecule has 0 saturated heterocycles. The maximum atomic E-state index is 6.62. The number of hydrogen-bond donors (Lipinski definition) is 1. The second kappa shape index (κ2) is 6.73. The molecule has 0 fully saturated rings. The fourth-order valence-electron chi connectivity index (χ4n) is 0.350. The molecule has 1 aromatic heterocycles. The summed E-state index contributed by atoms with van der Waals surface area (Å²) in [5.41, 5.74) is 0. The molecule has 0 aromatic carbocycles. The Kier molecular flexibility index (Phi) is 9.21. The Morgan fingerprint density at radius 3 is 2.44 bits per heavy atom. The Morgan fingerprint density at radius 2 is 2.22 bits per heavy atom. The minimum Gasteiger partial charge on any atom is -1.00 e. The van der Waals surface area contributed by atoms with E-state index in [0.29, 0.717) is 0 Å². The van der Waals surface area contributed by atoms with E-state index in [9.17, 15) is 0 Å². The van der Waals surface area contributed by atoms with Gasteiger partial charge in [-0.2, -0.15) is 17.4 Å². The maximum Gasteiger partial charge on any atom is 2.00 e. The van der Waals surface area contributed by atoms with Crippen molar-refractivity contribution in [1.82, 2.24) is 0 Å². The quantitative estimate of drug-likeness (QED) is 0.326. The van der Waals surface area contributed by atoms with Gasteiger partial charge in [0.25, 0.3) is 0 Å². The van der Waals surface area contributed by atoms with Crippen molar-refractivity contribution in [3.8, 4) is 0 Å². The predicted molar refractivity (Wildman–Crippen MR) is 36.9 cm³/mol. The third kappa shape index (κ3) is 4.08. The van der Waals surface area contributed by atoms with Crippen molar-refractivity contribution >= 4 is 40.6 Å². The van der Waals surface area contributed by atoms with Crippen LogP contribution in [0.5, 0.6) is 0 Å². The van der Waals surface area contributed by atoms with Crippen LogP contribution >= 0.6 is 11.3 Å². The van der Waals surface area contributed by atoms with E-state index in [4.69, 9.17) is 5.41 Å². The van der Waals surface area contributed by atoms with Gasteiger partial charge in [0.2, 0.25) is 0 Å². The Hall–Kier alpha value is 0.616. The molecule has 0 saturated carbocycles. The van der Waals surface area contributed by atoms with Gasteiger partial charge in [0, 0.05) is 0 Å². The van der Waals surface area contributed by atoms with Crippen LogP contribution in [0.25, 0.3) is 0 Å². The average molecular weight is 214 g/mol. The molecular weight excluding hydrogens is 210 g/mol. The first-order valence-electron chi connectivity index (χ1n) is 1.90. The summed E-state index contributed by atoms with van der Waals surface area (Å²) >= 11 is 1.52.